The monoisotopic (exact) mass is 184 g/mol. The Labute approximate surface area is 77.4 Å². The lowest BCUT2D eigenvalue weighted by molar-refractivity contribution is 0.592. The van der Waals surface area contributed by atoms with E-state index in [0.29, 0.717) is 4.80 Å². The third kappa shape index (κ3) is 1.46. The average molecular weight is 184 g/mol. The second kappa shape index (κ2) is 2.73. The summed E-state index contributed by atoms with van der Waals surface area (Å²) in [7, 11) is 1.95. The Hall–Kier alpha value is -0.570. The summed E-state index contributed by atoms with van der Waals surface area (Å²) in [6.07, 6.45) is 0. The topological polar surface area (TPSA) is 28.8 Å². The largest absolute Gasteiger partial charge is 0.324 e. The highest BCUT2D eigenvalue weighted by Crippen LogP contribution is 2.27. The van der Waals surface area contributed by atoms with Crippen molar-refractivity contribution in [1.82, 2.24) is 4.57 Å². The van der Waals surface area contributed by atoms with Crippen LogP contribution in [-0.4, -0.2) is 4.57 Å². The van der Waals surface area contributed by atoms with E-state index < -0.39 is 0 Å². The van der Waals surface area contributed by atoms with Gasteiger partial charge in [0, 0.05) is 17.6 Å². The lowest BCUT2D eigenvalue weighted by Gasteiger charge is -2.17. The van der Waals surface area contributed by atoms with Gasteiger partial charge in [-0.05, 0) is 12.3 Å². The van der Waals surface area contributed by atoms with Crippen molar-refractivity contribution in [3.8, 4) is 0 Å². The predicted molar refractivity (Wildman–Crippen MR) is 52.6 cm³/mol. The first kappa shape index (κ1) is 9.52. The molecule has 0 bridgehead atoms. The Morgan fingerprint density at radius 2 is 1.83 bits per heavy atom. The average Bonchev–Trinajstić information content (AvgIpc) is 2.15. The molecule has 0 radical (unpaired) electrons. The van der Waals surface area contributed by atoms with Gasteiger partial charge in [0.15, 0.2) is 4.80 Å². The fraction of sp³-hybridized carbons (Fsp3) is 0.667. The normalized spacial score (nSPS) is 12.1. The molecule has 1 rings (SSSR count). The second-order valence-electron chi connectivity index (χ2n) is 4.13. The van der Waals surface area contributed by atoms with Gasteiger partial charge in [0.05, 0.1) is 0 Å². The van der Waals surface area contributed by atoms with Crippen molar-refractivity contribution in [2.75, 3.05) is 0 Å². The van der Waals surface area contributed by atoms with Crippen LogP contribution in [0.15, 0.2) is 0 Å². The van der Waals surface area contributed by atoms with Crippen LogP contribution in [0.2, 0.25) is 0 Å². The Morgan fingerprint density at radius 1 is 1.33 bits per heavy atom. The second-order valence-corrected chi connectivity index (χ2v) is 5.13. The van der Waals surface area contributed by atoms with Crippen LogP contribution in [-0.2, 0) is 12.5 Å². The highest BCUT2D eigenvalue weighted by molar-refractivity contribution is 7.09. The van der Waals surface area contributed by atoms with Gasteiger partial charge in [0.1, 0.15) is 0 Å². The van der Waals surface area contributed by atoms with Crippen LogP contribution in [0.1, 0.15) is 31.3 Å². The van der Waals surface area contributed by atoms with Crippen molar-refractivity contribution in [3.63, 3.8) is 0 Å². The lowest BCUT2D eigenvalue weighted by atomic mass is 9.93. The molecule has 0 saturated heterocycles. The van der Waals surface area contributed by atoms with Crippen LogP contribution in [0.4, 0.5) is 0 Å². The van der Waals surface area contributed by atoms with Crippen molar-refractivity contribution < 1.29 is 0 Å². The van der Waals surface area contributed by atoms with Crippen LogP contribution in [0, 0.1) is 12.3 Å². The molecule has 68 valence electrons. The Balaban J connectivity index is 3.38. The maximum absolute atomic E-state index is 7.64. The minimum absolute atomic E-state index is 0.172. The highest BCUT2D eigenvalue weighted by Gasteiger charge is 2.19. The molecule has 1 N–H and O–H groups in total. The number of hydrogen-bond donors (Lipinski definition) is 1. The van der Waals surface area contributed by atoms with Crippen molar-refractivity contribution in [2.24, 2.45) is 7.05 Å². The zero-order chi connectivity index (χ0) is 9.52. The molecular weight excluding hydrogens is 168 g/mol. The zero-order valence-electron chi connectivity index (χ0n) is 8.36. The SMILES string of the molecule is Cc1c(C(C)(C)C)sc(=N)n1C. The van der Waals surface area contributed by atoms with Gasteiger partial charge in [-0.2, -0.15) is 0 Å². The number of rotatable bonds is 0. The van der Waals surface area contributed by atoms with Gasteiger partial charge in [-0.25, -0.2) is 0 Å². The minimum atomic E-state index is 0.172. The van der Waals surface area contributed by atoms with E-state index in [0.717, 1.165) is 0 Å². The van der Waals surface area contributed by atoms with Gasteiger partial charge >= 0.3 is 0 Å². The molecule has 1 heterocycles. The molecule has 0 fully saturated rings. The van der Waals surface area contributed by atoms with Crippen molar-refractivity contribution in [1.29, 1.82) is 5.41 Å². The van der Waals surface area contributed by atoms with Gasteiger partial charge in [-0.15, -0.1) is 11.3 Å². The minimum Gasteiger partial charge on any atom is -0.324 e. The summed E-state index contributed by atoms with van der Waals surface area (Å²) in [5.74, 6) is 0. The number of nitrogens with zero attached hydrogens (tertiary/aromatic N) is 1. The molecule has 0 saturated carbocycles. The summed E-state index contributed by atoms with van der Waals surface area (Å²) in [5.41, 5.74) is 1.39. The molecule has 12 heavy (non-hydrogen) atoms. The Bertz CT molecular complexity index is 338. The molecule has 0 atom stereocenters. The van der Waals surface area contributed by atoms with E-state index in [1.807, 2.05) is 11.6 Å². The molecule has 0 aliphatic heterocycles. The summed E-state index contributed by atoms with van der Waals surface area (Å²) >= 11 is 1.58. The molecule has 3 heteroatoms. The maximum atomic E-state index is 7.64. The van der Waals surface area contributed by atoms with Crippen LogP contribution < -0.4 is 4.80 Å². The van der Waals surface area contributed by atoms with Crippen LogP contribution in [0.5, 0.6) is 0 Å². The highest BCUT2D eigenvalue weighted by atomic mass is 32.1. The first-order chi connectivity index (χ1) is 5.34. The molecular formula is C9H16N2S. The van der Waals surface area contributed by atoms with E-state index >= 15 is 0 Å². The van der Waals surface area contributed by atoms with Gasteiger partial charge in [-0.1, -0.05) is 20.8 Å². The number of nitrogens with one attached hydrogen (secondary N) is 1. The third-order valence-electron chi connectivity index (χ3n) is 2.02. The summed E-state index contributed by atoms with van der Waals surface area (Å²) in [6.45, 7) is 8.64. The van der Waals surface area contributed by atoms with E-state index in [1.54, 1.807) is 11.3 Å². The van der Waals surface area contributed by atoms with Crippen molar-refractivity contribution in [2.45, 2.75) is 33.1 Å². The molecule has 1 aromatic heterocycles. The van der Waals surface area contributed by atoms with E-state index in [1.165, 1.54) is 10.6 Å². The van der Waals surface area contributed by atoms with E-state index in [4.69, 9.17) is 5.41 Å². The maximum Gasteiger partial charge on any atom is 0.182 e. The molecule has 1 aromatic rings. The van der Waals surface area contributed by atoms with Gasteiger partial charge in [-0.3, -0.25) is 5.41 Å². The van der Waals surface area contributed by atoms with E-state index in [-0.39, 0.29) is 5.41 Å². The molecule has 0 amide bonds. The Kier molecular flexibility index (Phi) is 2.17. The van der Waals surface area contributed by atoms with E-state index in [2.05, 4.69) is 27.7 Å². The molecule has 0 aliphatic rings. The molecule has 0 spiro atoms. The number of aromatic nitrogens is 1. The molecule has 0 aliphatic carbocycles. The van der Waals surface area contributed by atoms with Gasteiger partial charge < -0.3 is 4.57 Å². The van der Waals surface area contributed by atoms with Crippen LogP contribution in [0.25, 0.3) is 0 Å². The summed E-state index contributed by atoms with van der Waals surface area (Å²) < 4.78 is 1.94. The van der Waals surface area contributed by atoms with Crippen molar-refractivity contribution >= 4 is 11.3 Å². The van der Waals surface area contributed by atoms with Crippen LogP contribution in [0.3, 0.4) is 0 Å². The van der Waals surface area contributed by atoms with Gasteiger partial charge in [0.2, 0.25) is 0 Å². The van der Waals surface area contributed by atoms with Crippen LogP contribution >= 0.6 is 11.3 Å². The Morgan fingerprint density at radius 3 is 2.00 bits per heavy atom. The third-order valence-corrected chi connectivity index (χ3v) is 3.60. The standard InChI is InChI=1S/C9H16N2S/c1-6-7(9(2,3)4)12-8(10)11(6)5/h10H,1-5H3. The molecule has 0 unspecified atom stereocenters. The quantitative estimate of drug-likeness (QED) is 0.640. The summed E-state index contributed by atoms with van der Waals surface area (Å²) in [6, 6.07) is 0. The summed E-state index contributed by atoms with van der Waals surface area (Å²) in [5, 5.41) is 7.64. The fourth-order valence-electron chi connectivity index (χ4n) is 1.24. The smallest absolute Gasteiger partial charge is 0.182 e. The van der Waals surface area contributed by atoms with Crippen molar-refractivity contribution in [3.05, 3.63) is 15.4 Å². The first-order valence-electron chi connectivity index (χ1n) is 4.05. The number of hydrogen-bond acceptors (Lipinski definition) is 2. The zero-order valence-corrected chi connectivity index (χ0v) is 9.17. The predicted octanol–water partition coefficient (Wildman–Crippen LogP) is 2.17. The molecule has 2 nitrogen and oxygen atoms in total. The van der Waals surface area contributed by atoms with E-state index in [9.17, 15) is 0 Å². The lowest BCUT2D eigenvalue weighted by Crippen LogP contribution is -2.12. The van der Waals surface area contributed by atoms with Gasteiger partial charge in [0.25, 0.3) is 0 Å². The fourth-order valence-corrected chi connectivity index (χ4v) is 2.30. The first-order valence-corrected chi connectivity index (χ1v) is 4.87. The number of thiazole rings is 1. The molecule has 0 aromatic carbocycles. The summed E-state index contributed by atoms with van der Waals surface area (Å²) in [4.78, 5) is 1.95.